The van der Waals surface area contributed by atoms with E-state index in [4.69, 9.17) is 9.47 Å². The molecule has 0 bridgehead atoms. The molecule has 2 heterocycles. The zero-order valence-electron chi connectivity index (χ0n) is 19.3. The van der Waals surface area contributed by atoms with Gasteiger partial charge in [0.05, 0.1) is 12.6 Å². The van der Waals surface area contributed by atoms with Gasteiger partial charge in [-0.2, -0.15) is 0 Å². The second-order valence-corrected chi connectivity index (χ2v) is 8.79. The lowest BCUT2D eigenvalue weighted by Crippen LogP contribution is -2.48. The first kappa shape index (κ1) is 22.8. The van der Waals surface area contributed by atoms with Gasteiger partial charge in [-0.05, 0) is 55.5 Å². The first-order valence-corrected chi connectivity index (χ1v) is 12.1. The maximum Gasteiger partial charge on any atom is 0.332 e. The molecule has 0 radical (unpaired) electrons. The van der Waals surface area contributed by atoms with Gasteiger partial charge in [-0.1, -0.05) is 55.3 Å². The summed E-state index contributed by atoms with van der Waals surface area (Å²) in [6.07, 6.45) is 5.58. The number of carbonyl (C=O) groups is 1. The molecule has 1 fully saturated rings. The number of anilines is 1. The summed E-state index contributed by atoms with van der Waals surface area (Å²) in [4.78, 5) is 16.5. The van der Waals surface area contributed by atoms with Crippen molar-refractivity contribution in [3.8, 4) is 0 Å². The third-order valence-corrected chi connectivity index (χ3v) is 6.60. The third kappa shape index (κ3) is 5.70. The molecule has 1 atom stereocenters. The second kappa shape index (κ2) is 11.5. The summed E-state index contributed by atoms with van der Waals surface area (Å²) in [6, 6.07) is 18.4. The van der Waals surface area contributed by atoms with Gasteiger partial charge in [-0.25, -0.2) is 4.79 Å². The fraction of sp³-hybridized carbons (Fsp3) is 0.519. The Labute approximate surface area is 192 Å². The van der Waals surface area contributed by atoms with E-state index in [1.165, 1.54) is 35.2 Å². The van der Waals surface area contributed by atoms with E-state index in [1.54, 1.807) is 0 Å². The number of benzene rings is 2. The second-order valence-electron chi connectivity index (χ2n) is 8.79. The van der Waals surface area contributed by atoms with Gasteiger partial charge >= 0.3 is 5.97 Å². The predicted octanol–water partition coefficient (Wildman–Crippen LogP) is 4.59. The number of ether oxygens (including phenoxy) is 2. The Balaban J connectivity index is 1.25. The number of esters is 1. The Morgan fingerprint density at radius 1 is 0.969 bits per heavy atom. The number of nitrogens with zero attached hydrogens (tertiary/aromatic N) is 2. The van der Waals surface area contributed by atoms with Crippen LogP contribution in [-0.4, -0.2) is 56.9 Å². The van der Waals surface area contributed by atoms with Crippen molar-refractivity contribution < 1.29 is 14.3 Å². The van der Waals surface area contributed by atoms with Gasteiger partial charge in [0.2, 0.25) is 0 Å². The molecule has 0 amide bonds. The average molecular weight is 437 g/mol. The van der Waals surface area contributed by atoms with E-state index in [1.807, 2.05) is 6.92 Å². The lowest BCUT2D eigenvalue weighted by molar-refractivity contribution is -0.148. The maximum absolute atomic E-state index is 11.3. The van der Waals surface area contributed by atoms with Crippen LogP contribution in [0.3, 0.4) is 0 Å². The normalized spacial score (nSPS) is 17.8. The minimum Gasteiger partial charge on any atom is -0.464 e. The van der Waals surface area contributed by atoms with Crippen LogP contribution in [0.15, 0.2) is 48.5 Å². The molecule has 0 spiro atoms. The molecule has 0 N–H and O–H groups in total. The lowest BCUT2D eigenvalue weighted by atomic mass is 9.96. The van der Waals surface area contributed by atoms with E-state index >= 15 is 0 Å². The monoisotopic (exact) mass is 436 g/mol. The van der Waals surface area contributed by atoms with Gasteiger partial charge in [0.15, 0.2) is 0 Å². The Morgan fingerprint density at radius 3 is 2.62 bits per heavy atom. The molecule has 172 valence electrons. The number of hydrogen-bond donors (Lipinski definition) is 0. The summed E-state index contributed by atoms with van der Waals surface area (Å²) in [7, 11) is 0. The lowest BCUT2D eigenvalue weighted by Gasteiger charge is -2.43. The summed E-state index contributed by atoms with van der Waals surface area (Å²) >= 11 is 0. The van der Waals surface area contributed by atoms with Crippen LogP contribution in [0.25, 0.3) is 0 Å². The molecule has 1 unspecified atom stereocenters. The number of carbonyl (C=O) groups excluding carboxylic acids is 1. The van der Waals surface area contributed by atoms with Crippen molar-refractivity contribution >= 4 is 11.7 Å². The molecule has 2 aromatic rings. The van der Waals surface area contributed by atoms with E-state index in [9.17, 15) is 4.79 Å². The van der Waals surface area contributed by atoms with Crippen molar-refractivity contribution in [3.63, 3.8) is 0 Å². The predicted molar refractivity (Wildman–Crippen MR) is 128 cm³/mol. The van der Waals surface area contributed by atoms with Gasteiger partial charge in [-0.15, -0.1) is 0 Å². The van der Waals surface area contributed by atoms with Crippen LogP contribution in [0.5, 0.6) is 0 Å². The van der Waals surface area contributed by atoms with Crippen molar-refractivity contribution in [2.45, 2.75) is 45.1 Å². The number of unbranched alkanes of at least 4 members (excludes halogenated alkanes) is 3. The zero-order valence-corrected chi connectivity index (χ0v) is 19.3. The van der Waals surface area contributed by atoms with Crippen molar-refractivity contribution in [3.05, 3.63) is 65.2 Å². The highest BCUT2D eigenvalue weighted by Crippen LogP contribution is 2.39. The van der Waals surface area contributed by atoms with Crippen LogP contribution in [0, 0.1) is 0 Å². The Kier molecular flexibility index (Phi) is 8.18. The van der Waals surface area contributed by atoms with Gasteiger partial charge in [0.25, 0.3) is 0 Å². The maximum atomic E-state index is 11.3. The van der Waals surface area contributed by atoms with Gasteiger partial charge in [-0.3, -0.25) is 4.90 Å². The van der Waals surface area contributed by atoms with Crippen LogP contribution < -0.4 is 4.90 Å². The molecule has 2 aliphatic rings. The van der Waals surface area contributed by atoms with Crippen molar-refractivity contribution in [1.82, 2.24) is 4.90 Å². The molecule has 0 saturated carbocycles. The molecule has 0 aliphatic carbocycles. The number of para-hydroxylation sites is 1. The molecule has 1 saturated heterocycles. The highest BCUT2D eigenvalue weighted by molar-refractivity contribution is 5.70. The standard InChI is InChI=1S/C27H36N2O3/c1-2-32-27(30)21-31-18-10-4-3-9-15-28-16-17-29-25-14-8-6-12-23(25)19-22-11-5-7-13-24(22)26(29)20-28/h5-8,11-14,26H,2-4,9-10,15-21H2,1H3. The first-order valence-electron chi connectivity index (χ1n) is 12.1. The SMILES string of the molecule is CCOC(=O)COCCCCCCN1CCN2c3ccccc3Cc3ccccc3C2C1. The van der Waals surface area contributed by atoms with E-state index in [-0.39, 0.29) is 12.6 Å². The van der Waals surface area contributed by atoms with Crippen LogP contribution in [0.1, 0.15) is 55.3 Å². The Morgan fingerprint density at radius 2 is 1.75 bits per heavy atom. The number of piperazine rings is 1. The Hall–Kier alpha value is -2.37. The Bertz CT molecular complexity index is 885. The van der Waals surface area contributed by atoms with Gasteiger partial charge in [0, 0.05) is 31.9 Å². The zero-order chi connectivity index (χ0) is 22.2. The molecular formula is C27H36N2O3. The fourth-order valence-electron chi connectivity index (χ4n) is 5.01. The number of rotatable bonds is 10. The van der Waals surface area contributed by atoms with E-state index < -0.39 is 0 Å². The molecule has 0 aromatic heterocycles. The van der Waals surface area contributed by atoms with Crippen molar-refractivity contribution in [1.29, 1.82) is 0 Å². The summed E-state index contributed by atoms with van der Waals surface area (Å²) in [5, 5.41) is 0. The summed E-state index contributed by atoms with van der Waals surface area (Å²) < 4.78 is 10.3. The molecule has 2 aliphatic heterocycles. The van der Waals surface area contributed by atoms with Crippen LogP contribution in [-0.2, 0) is 20.7 Å². The van der Waals surface area contributed by atoms with Gasteiger partial charge < -0.3 is 14.4 Å². The molecule has 5 heteroatoms. The highest BCUT2D eigenvalue weighted by Gasteiger charge is 2.32. The molecular weight excluding hydrogens is 400 g/mol. The van der Waals surface area contributed by atoms with E-state index in [2.05, 4.69) is 58.3 Å². The highest BCUT2D eigenvalue weighted by atomic mass is 16.6. The van der Waals surface area contributed by atoms with Crippen LogP contribution in [0.2, 0.25) is 0 Å². The third-order valence-electron chi connectivity index (χ3n) is 6.60. The summed E-state index contributed by atoms with van der Waals surface area (Å²) in [5.74, 6) is -0.269. The number of fused-ring (bicyclic) bond motifs is 5. The molecule has 5 nitrogen and oxygen atoms in total. The summed E-state index contributed by atoms with van der Waals surface area (Å²) in [6.45, 7) is 7.37. The minimum atomic E-state index is -0.269. The topological polar surface area (TPSA) is 42.0 Å². The quantitative estimate of drug-likeness (QED) is 0.402. The van der Waals surface area contributed by atoms with Crippen LogP contribution >= 0.6 is 0 Å². The van der Waals surface area contributed by atoms with Gasteiger partial charge in [0.1, 0.15) is 6.61 Å². The van der Waals surface area contributed by atoms with E-state index in [0.29, 0.717) is 19.3 Å². The van der Waals surface area contributed by atoms with Crippen molar-refractivity contribution in [2.24, 2.45) is 0 Å². The average Bonchev–Trinajstić information content (AvgIpc) is 2.95. The molecule has 4 rings (SSSR count). The van der Waals surface area contributed by atoms with Crippen LogP contribution in [0.4, 0.5) is 5.69 Å². The molecule has 32 heavy (non-hydrogen) atoms. The van der Waals surface area contributed by atoms with Crippen molar-refractivity contribution in [2.75, 3.05) is 50.9 Å². The fourth-order valence-corrected chi connectivity index (χ4v) is 5.01. The smallest absolute Gasteiger partial charge is 0.332 e. The molecule has 2 aromatic carbocycles. The van der Waals surface area contributed by atoms with E-state index in [0.717, 1.165) is 45.4 Å². The summed E-state index contributed by atoms with van der Waals surface area (Å²) in [5.41, 5.74) is 5.82. The largest absolute Gasteiger partial charge is 0.464 e. The minimum absolute atomic E-state index is 0.0735. The first-order chi connectivity index (χ1) is 15.8. The number of hydrogen-bond acceptors (Lipinski definition) is 5.